The minimum absolute atomic E-state index is 0.0377. The number of halogens is 1. The summed E-state index contributed by atoms with van der Waals surface area (Å²) in [6, 6.07) is 12.7. The van der Waals surface area contributed by atoms with Gasteiger partial charge in [-0.25, -0.2) is 4.39 Å². The first kappa shape index (κ1) is 24.3. The monoisotopic (exact) mass is 491 g/mol. The Morgan fingerprint density at radius 2 is 1.86 bits per heavy atom. The molecular formula is C29H30FNO5. The number of carbonyl (C=O) groups is 1. The number of aryl methyl sites for hydroxylation is 2. The highest BCUT2D eigenvalue weighted by molar-refractivity contribution is 5.75. The molecule has 1 saturated carbocycles. The number of carboxylic acids is 1. The number of rotatable bonds is 9. The zero-order valence-electron chi connectivity index (χ0n) is 20.7. The number of pyridine rings is 1. The lowest BCUT2D eigenvalue weighted by atomic mass is 9.90. The molecule has 1 aromatic heterocycles. The summed E-state index contributed by atoms with van der Waals surface area (Å²) in [6.07, 6.45) is 2.18. The second kappa shape index (κ2) is 9.54. The molecule has 2 heterocycles. The van der Waals surface area contributed by atoms with Gasteiger partial charge in [0, 0.05) is 22.6 Å². The van der Waals surface area contributed by atoms with E-state index in [0.29, 0.717) is 24.3 Å². The normalized spacial score (nSPS) is 19.9. The maximum atomic E-state index is 14.6. The molecule has 3 aromatic rings. The van der Waals surface area contributed by atoms with Crippen LogP contribution in [0.1, 0.15) is 41.6 Å². The summed E-state index contributed by atoms with van der Waals surface area (Å²) < 4.78 is 31.8. The van der Waals surface area contributed by atoms with Gasteiger partial charge in [-0.1, -0.05) is 13.0 Å². The van der Waals surface area contributed by atoms with Gasteiger partial charge in [-0.05, 0) is 78.9 Å². The van der Waals surface area contributed by atoms with Crippen LogP contribution in [-0.4, -0.2) is 35.9 Å². The number of ether oxygens (including phenoxy) is 3. The maximum Gasteiger partial charge on any atom is 0.307 e. The van der Waals surface area contributed by atoms with Gasteiger partial charge in [-0.3, -0.25) is 9.78 Å². The highest BCUT2D eigenvalue weighted by Crippen LogP contribution is 2.46. The van der Waals surface area contributed by atoms with Gasteiger partial charge in [-0.15, -0.1) is 0 Å². The smallest absolute Gasteiger partial charge is 0.307 e. The second-order valence-electron chi connectivity index (χ2n) is 10.3. The van der Waals surface area contributed by atoms with Gasteiger partial charge < -0.3 is 19.3 Å². The van der Waals surface area contributed by atoms with Crippen LogP contribution in [0, 0.1) is 31.0 Å². The summed E-state index contributed by atoms with van der Waals surface area (Å²) in [5.41, 5.74) is 5.33. The molecule has 0 spiro atoms. The summed E-state index contributed by atoms with van der Waals surface area (Å²) >= 11 is 0. The Labute approximate surface area is 210 Å². The third-order valence-corrected chi connectivity index (χ3v) is 6.97. The molecule has 5 rings (SSSR count). The predicted molar refractivity (Wildman–Crippen MR) is 133 cm³/mol. The molecule has 0 radical (unpaired) electrons. The van der Waals surface area contributed by atoms with Crippen molar-refractivity contribution >= 4 is 5.97 Å². The fourth-order valence-corrected chi connectivity index (χ4v) is 4.75. The molecule has 2 aromatic carbocycles. The SMILES string of the molecule is Cc1cc(OCC2(C)COC2)cc(C)c1-c1ccc(F)c(COc2ccc([C@H]3C[C@@H]3C(=O)O)nc2)c1. The Hall–Kier alpha value is -3.45. The molecule has 7 heteroatoms. The average Bonchev–Trinajstić information content (AvgIpc) is 3.63. The van der Waals surface area contributed by atoms with Crippen molar-refractivity contribution < 1.29 is 28.5 Å². The summed E-state index contributed by atoms with van der Waals surface area (Å²) in [7, 11) is 0. The third-order valence-electron chi connectivity index (χ3n) is 6.97. The lowest BCUT2D eigenvalue weighted by molar-refractivity contribution is -0.138. The van der Waals surface area contributed by atoms with Crippen molar-refractivity contribution in [3.8, 4) is 22.6 Å². The zero-order chi connectivity index (χ0) is 25.4. The molecule has 2 fully saturated rings. The van der Waals surface area contributed by atoms with Crippen LogP contribution < -0.4 is 9.47 Å². The van der Waals surface area contributed by atoms with Gasteiger partial charge in [0.05, 0.1) is 31.9 Å². The predicted octanol–water partition coefficient (Wildman–Crippen LogP) is 5.69. The molecule has 188 valence electrons. The van der Waals surface area contributed by atoms with Crippen molar-refractivity contribution in [2.75, 3.05) is 19.8 Å². The third kappa shape index (κ3) is 5.07. The highest BCUT2D eigenvalue weighted by Gasteiger charge is 2.45. The molecule has 1 aliphatic heterocycles. The van der Waals surface area contributed by atoms with Crippen molar-refractivity contribution in [2.24, 2.45) is 11.3 Å². The van der Waals surface area contributed by atoms with E-state index in [4.69, 9.17) is 19.3 Å². The Bertz CT molecular complexity index is 1260. The van der Waals surface area contributed by atoms with Crippen LogP contribution in [0.3, 0.4) is 0 Å². The van der Waals surface area contributed by atoms with Crippen LogP contribution in [0.5, 0.6) is 11.5 Å². The minimum atomic E-state index is -0.789. The molecule has 36 heavy (non-hydrogen) atoms. The number of aliphatic carboxylic acids is 1. The minimum Gasteiger partial charge on any atom is -0.493 e. The van der Waals surface area contributed by atoms with E-state index in [1.54, 1.807) is 24.4 Å². The summed E-state index contributed by atoms with van der Waals surface area (Å²) in [6.45, 7) is 8.32. The lowest BCUT2D eigenvalue weighted by Gasteiger charge is -2.37. The van der Waals surface area contributed by atoms with Crippen LogP contribution in [0.25, 0.3) is 11.1 Å². The molecule has 1 saturated heterocycles. The van der Waals surface area contributed by atoms with Crippen molar-refractivity contribution in [3.05, 3.63) is 76.9 Å². The molecular weight excluding hydrogens is 461 g/mol. The first-order valence-electron chi connectivity index (χ1n) is 12.1. The molecule has 0 bridgehead atoms. The van der Waals surface area contributed by atoms with Gasteiger partial charge in [0.15, 0.2) is 0 Å². The first-order chi connectivity index (χ1) is 17.2. The van der Waals surface area contributed by atoms with E-state index >= 15 is 0 Å². The number of hydrogen-bond acceptors (Lipinski definition) is 5. The van der Waals surface area contributed by atoms with Crippen molar-refractivity contribution in [1.82, 2.24) is 4.98 Å². The quantitative estimate of drug-likeness (QED) is 0.415. The van der Waals surface area contributed by atoms with Crippen molar-refractivity contribution in [2.45, 2.75) is 39.7 Å². The fourth-order valence-electron chi connectivity index (χ4n) is 4.75. The highest BCUT2D eigenvalue weighted by atomic mass is 19.1. The van der Waals surface area contributed by atoms with Gasteiger partial charge in [0.2, 0.25) is 0 Å². The number of hydrogen-bond donors (Lipinski definition) is 1. The molecule has 1 aliphatic carbocycles. The van der Waals surface area contributed by atoms with Gasteiger partial charge in [0.25, 0.3) is 0 Å². The molecule has 2 atom stereocenters. The number of nitrogens with zero attached hydrogens (tertiary/aromatic N) is 1. The maximum absolute atomic E-state index is 14.6. The molecule has 0 amide bonds. The average molecular weight is 492 g/mol. The van der Waals surface area contributed by atoms with Crippen molar-refractivity contribution in [1.29, 1.82) is 0 Å². The number of carboxylic acid groups (broad SMARTS) is 1. The van der Waals surface area contributed by atoms with Gasteiger partial charge in [0.1, 0.15) is 23.9 Å². The van der Waals surface area contributed by atoms with E-state index in [1.165, 1.54) is 6.07 Å². The van der Waals surface area contributed by atoms with Gasteiger partial charge in [-0.2, -0.15) is 0 Å². The Morgan fingerprint density at radius 1 is 1.11 bits per heavy atom. The van der Waals surface area contributed by atoms with Crippen LogP contribution in [0.15, 0.2) is 48.7 Å². The van der Waals surface area contributed by atoms with E-state index in [2.05, 4.69) is 11.9 Å². The van der Waals surface area contributed by atoms with E-state index in [1.807, 2.05) is 32.0 Å². The number of aromatic nitrogens is 1. The summed E-state index contributed by atoms with van der Waals surface area (Å²) in [5.74, 6) is -0.182. The summed E-state index contributed by atoms with van der Waals surface area (Å²) in [5, 5.41) is 9.09. The second-order valence-corrected chi connectivity index (χ2v) is 10.3. The van der Waals surface area contributed by atoms with E-state index in [-0.39, 0.29) is 29.7 Å². The van der Waals surface area contributed by atoms with Crippen LogP contribution in [0.2, 0.25) is 0 Å². The van der Waals surface area contributed by atoms with E-state index < -0.39 is 5.97 Å². The molecule has 6 nitrogen and oxygen atoms in total. The Morgan fingerprint density at radius 3 is 2.44 bits per heavy atom. The van der Waals surface area contributed by atoms with Crippen LogP contribution in [0.4, 0.5) is 4.39 Å². The fraction of sp³-hybridized carbons (Fsp3) is 0.379. The van der Waals surface area contributed by atoms with Crippen LogP contribution in [-0.2, 0) is 16.1 Å². The molecule has 2 aliphatic rings. The zero-order valence-corrected chi connectivity index (χ0v) is 20.7. The van der Waals surface area contributed by atoms with E-state index in [0.717, 1.165) is 46.9 Å². The van der Waals surface area contributed by atoms with Crippen LogP contribution >= 0.6 is 0 Å². The van der Waals surface area contributed by atoms with Crippen molar-refractivity contribution in [3.63, 3.8) is 0 Å². The topological polar surface area (TPSA) is 77.9 Å². The van der Waals surface area contributed by atoms with Gasteiger partial charge >= 0.3 is 5.97 Å². The Balaban J connectivity index is 1.27. The molecule has 0 unspecified atom stereocenters. The van der Waals surface area contributed by atoms with E-state index in [9.17, 15) is 9.18 Å². The summed E-state index contributed by atoms with van der Waals surface area (Å²) in [4.78, 5) is 15.4. The first-order valence-corrected chi connectivity index (χ1v) is 12.1. The number of benzene rings is 2. The largest absolute Gasteiger partial charge is 0.493 e. The molecule has 1 N–H and O–H groups in total. The lowest BCUT2D eigenvalue weighted by Crippen LogP contribution is -2.44. The standard InChI is InChI=1S/C29H30FNO5/c1-17-8-22(36-16-29(3)14-34-15-29)9-18(2)27(17)19-4-6-25(30)20(10-19)13-35-21-5-7-26(31-12-21)23-11-24(23)28(32)33/h4-10,12,23-24H,11,13-16H2,1-3H3,(H,32,33)/t23-,24-/m0/s1. The Kier molecular flexibility index (Phi) is 6.43.